The number of esters is 1. The van der Waals surface area contributed by atoms with Crippen LogP contribution >= 0.6 is 0 Å². The highest BCUT2D eigenvalue weighted by Gasteiger charge is 2.12. The Morgan fingerprint density at radius 3 is 2.23 bits per heavy atom. The molecule has 0 fully saturated rings. The Morgan fingerprint density at radius 1 is 0.806 bits per heavy atom. The number of Topliss-reactive ketones (excluding diaryl/α,β-unsaturated/α-hetero) is 1. The topological polar surface area (TPSA) is 81.7 Å². The molecule has 0 saturated heterocycles. The van der Waals surface area contributed by atoms with Crippen LogP contribution in [0.3, 0.4) is 0 Å². The van der Waals surface area contributed by atoms with E-state index in [2.05, 4.69) is 5.32 Å². The standard InChI is InChI=1S/C25H23NO5/c1-17-8-9-18(2)23(14-17)30-16-24(28)31-15-22(27)19-10-12-21(13-11-19)26-25(29)20-6-4-3-5-7-20/h3-14H,15-16H2,1-2H3,(H,26,29). The number of benzene rings is 3. The molecular weight excluding hydrogens is 394 g/mol. The van der Waals surface area contributed by atoms with Gasteiger partial charge in [-0.15, -0.1) is 0 Å². The summed E-state index contributed by atoms with van der Waals surface area (Å²) in [5, 5.41) is 2.76. The molecular formula is C25H23NO5. The number of carbonyl (C=O) groups excluding carboxylic acids is 3. The SMILES string of the molecule is Cc1ccc(C)c(OCC(=O)OCC(=O)c2ccc(NC(=O)c3ccccc3)cc2)c1. The Bertz CT molecular complexity index is 1070. The zero-order valence-electron chi connectivity index (χ0n) is 17.4. The van der Waals surface area contributed by atoms with E-state index < -0.39 is 5.97 Å². The van der Waals surface area contributed by atoms with Gasteiger partial charge in [0.05, 0.1) is 0 Å². The quantitative estimate of drug-likeness (QED) is 0.435. The highest BCUT2D eigenvalue weighted by molar-refractivity contribution is 6.04. The molecule has 1 amide bonds. The highest BCUT2D eigenvalue weighted by atomic mass is 16.6. The number of nitrogens with one attached hydrogen (secondary N) is 1. The van der Waals surface area contributed by atoms with Crippen molar-refractivity contribution in [3.63, 3.8) is 0 Å². The molecule has 6 heteroatoms. The molecule has 0 atom stereocenters. The molecule has 0 heterocycles. The van der Waals surface area contributed by atoms with Crippen molar-refractivity contribution in [2.75, 3.05) is 18.5 Å². The van der Waals surface area contributed by atoms with Crippen molar-refractivity contribution in [2.45, 2.75) is 13.8 Å². The number of amides is 1. The monoisotopic (exact) mass is 417 g/mol. The Morgan fingerprint density at radius 2 is 1.52 bits per heavy atom. The summed E-state index contributed by atoms with van der Waals surface area (Å²) in [6.45, 7) is 3.16. The van der Waals surface area contributed by atoms with Crippen molar-refractivity contribution >= 4 is 23.3 Å². The molecule has 3 rings (SSSR count). The van der Waals surface area contributed by atoms with Crippen molar-refractivity contribution in [3.05, 3.63) is 95.1 Å². The minimum Gasteiger partial charge on any atom is -0.482 e. The van der Waals surface area contributed by atoms with Crippen molar-refractivity contribution in [1.82, 2.24) is 0 Å². The molecule has 3 aromatic carbocycles. The molecule has 0 aliphatic carbocycles. The summed E-state index contributed by atoms with van der Waals surface area (Å²) in [5.74, 6) is -0.601. The average molecular weight is 417 g/mol. The van der Waals surface area contributed by atoms with Gasteiger partial charge in [-0.05, 0) is 67.4 Å². The van der Waals surface area contributed by atoms with E-state index in [0.29, 0.717) is 22.6 Å². The van der Waals surface area contributed by atoms with Gasteiger partial charge in [-0.1, -0.05) is 30.3 Å². The molecule has 0 radical (unpaired) electrons. The smallest absolute Gasteiger partial charge is 0.344 e. The zero-order valence-corrected chi connectivity index (χ0v) is 17.4. The third kappa shape index (κ3) is 6.27. The number of aryl methyl sites for hydroxylation is 2. The van der Waals surface area contributed by atoms with Gasteiger partial charge in [-0.2, -0.15) is 0 Å². The number of rotatable bonds is 8. The van der Waals surface area contributed by atoms with Crippen LogP contribution in [-0.2, 0) is 9.53 Å². The lowest BCUT2D eigenvalue weighted by atomic mass is 10.1. The number of anilines is 1. The van der Waals surface area contributed by atoms with Crippen molar-refractivity contribution in [3.8, 4) is 5.75 Å². The van der Waals surface area contributed by atoms with Crippen LogP contribution in [0.15, 0.2) is 72.8 Å². The van der Waals surface area contributed by atoms with Crippen LogP contribution in [-0.4, -0.2) is 30.9 Å². The van der Waals surface area contributed by atoms with E-state index >= 15 is 0 Å². The van der Waals surface area contributed by atoms with E-state index in [1.54, 1.807) is 48.5 Å². The molecule has 0 bridgehead atoms. The summed E-state index contributed by atoms with van der Waals surface area (Å²) in [6, 6.07) is 20.9. The largest absolute Gasteiger partial charge is 0.482 e. The van der Waals surface area contributed by atoms with Crippen molar-refractivity contribution in [2.24, 2.45) is 0 Å². The fraction of sp³-hybridized carbons (Fsp3) is 0.160. The predicted molar refractivity (Wildman–Crippen MR) is 118 cm³/mol. The molecule has 3 aromatic rings. The average Bonchev–Trinajstić information content (AvgIpc) is 2.79. The fourth-order valence-corrected chi connectivity index (χ4v) is 2.80. The fourth-order valence-electron chi connectivity index (χ4n) is 2.80. The molecule has 158 valence electrons. The van der Waals surface area contributed by atoms with Crippen LogP contribution in [0, 0.1) is 13.8 Å². The maximum absolute atomic E-state index is 12.3. The zero-order chi connectivity index (χ0) is 22.2. The summed E-state index contributed by atoms with van der Waals surface area (Å²) >= 11 is 0. The van der Waals surface area contributed by atoms with E-state index in [0.717, 1.165) is 11.1 Å². The second kappa shape index (κ2) is 10.2. The molecule has 6 nitrogen and oxygen atoms in total. The van der Waals surface area contributed by atoms with Crippen molar-refractivity contribution < 1.29 is 23.9 Å². The van der Waals surface area contributed by atoms with Crippen LogP contribution in [0.2, 0.25) is 0 Å². The summed E-state index contributed by atoms with van der Waals surface area (Å²) in [5.41, 5.74) is 3.41. The molecule has 0 spiro atoms. The highest BCUT2D eigenvalue weighted by Crippen LogP contribution is 2.19. The minimum absolute atomic E-state index is 0.238. The van der Waals surface area contributed by atoms with Crippen LogP contribution in [0.4, 0.5) is 5.69 Å². The molecule has 0 aromatic heterocycles. The number of hydrogen-bond donors (Lipinski definition) is 1. The van der Waals surface area contributed by atoms with Gasteiger partial charge in [0.25, 0.3) is 5.91 Å². The molecule has 0 saturated carbocycles. The van der Waals surface area contributed by atoms with Gasteiger partial charge < -0.3 is 14.8 Å². The Balaban J connectivity index is 1.47. The summed E-state index contributed by atoms with van der Waals surface area (Å²) in [7, 11) is 0. The van der Waals surface area contributed by atoms with E-state index in [1.807, 2.05) is 38.1 Å². The second-order valence-electron chi connectivity index (χ2n) is 7.04. The van der Waals surface area contributed by atoms with Crippen LogP contribution in [0.5, 0.6) is 5.75 Å². The number of ether oxygens (including phenoxy) is 2. The Hall–Kier alpha value is -3.93. The van der Waals surface area contributed by atoms with E-state index in [9.17, 15) is 14.4 Å². The van der Waals surface area contributed by atoms with E-state index in [4.69, 9.17) is 9.47 Å². The Kier molecular flexibility index (Phi) is 7.17. The van der Waals surface area contributed by atoms with Crippen LogP contribution < -0.4 is 10.1 Å². The molecule has 1 N–H and O–H groups in total. The van der Waals surface area contributed by atoms with Gasteiger partial charge in [0.15, 0.2) is 19.0 Å². The van der Waals surface area contributed by atoms with E-state index in [1.165, 1.54) is 0 Å². The third-order valence-corrected chi connectivity index (χ3v) is 4.55. The first-order valence-electron chi connectivity index (χ1n) is 9.78. The van der Waals surface area contributed by atoms with Gasteiger partial charge in [0.1, 0.15) is 5.75 Å². The molecule has 0 unspecified atom stereocenters. The molecule has 0 aliphatic heterocycles. The maximum Gasteiger partial charge on any atom is 0.344 e. The number of carbonyl (C=O) groups is 3. The second-order valence-corrected chi connectivity index (χ2v) is 7.04. The minimum atomic E-state index is -0.624. The number of ketones is 1. The van der Waals surface area contributed by atoms with Gasteiger partial charge in [0, 0.05) is 16.8 Å². The lowest BCUT2D eigenvalue weighted by molar-refractivity contribution is -0.144. The van der Waals surface area contributed by atoms with Crippen LogP contribution in [0.1, 0.15) is 31.8 Å². The Labute approximate surface area is 180 Å². The molecule has 0 aliphatic rings. The summed E-state index contributed by atoms with van der Waals surface area (Å²) < 4.78 is 10.5. The summed E-state index contributed by atoms with van der Waals surface area (Å²) in [4.78, 5) is 36.3. The number of hydrogen-bond acceptors (Lipinski definition) is 5. The first kappa shape index (κ1) is 21.8. The van der Waals surface area contributed by atoms with Crippen molar-refractivity contribution in [1.29, 1.82) is 0 Å². The maximum atomic E-state index is 12.3. The van der Waals surface area contributed by atoms with Gasteiger partial charge in [0.2, 0.25) is 0 Å². The first-order chi connectivity index (χ1) is 14.9. The third-order valence-electron chi connectivity index (χ3n) is 4.55. The van der Waals surface area contributed by atoms with Gasteiger partial charge in [-0.25, -0.2) is 4.79 Å². The molecule has 31 heavy (non-hydrogen) atoms. The van der Waals surface area contributed by atoms with E-state index in [-0.39, 0.29) is 24.9 Å². The lowest BCUT2D eigenvalue weighted by Gasteiger charge is -2.10. The predicted octanol–water partition coefficient (Wildman–Crippen LogP) is 4.36. The summed E-state index contributed by atoms with van der Waals surface area (Å²) in [6.07, 6.45) is 0. The van der Waals surface area contributed by atoms with Gasteiger partial charge >= 0.3 is 5.97 Å². The van der Waals surface area contributed by atoms with Gasteiger partial charge in [-0.3, -0.25) is 9.59 Å². The lowest BCUT2D eigenvalue weighted by Crippen LogP contribution is -2.19. The normalized spacial score (nSPS) is 10.3. The first-order valence-corrected chi connectivity index (χ1v) is 9.78. The van der Waals surface area contributed by atoms with Crippen LogP contribution in [0.25, 0.3) is 0 Å².